The van der Waals surface area contributed by atoms with Crippen LogP contribution in [0.25, 0.3) is 0 Å². The Balaban J connectivity index is 3.44. The van der Waals surface area contributed by atoms with Gasteiger partial charge in [-0.05, 0) is 12.8 Å². The van der Waals surface area contributed by atoms with E-state index in [-0.39, 0.29) is 5.97 Å². The molecule has 0 radical (unpaired) electrons. The van der Waals surface area contributed by atoms with Crippen LogP contribution < -0.4 is 0 Å². The number of carbonyl (C=O) groups is 2. The van der Waals surface area contributed by atoms with Gasteiger partial charge in [0.05, 0.1) is 0 Å². The van der Waals surface area contributed by atoms with Gasteiger partial charge in [0.1, 0.15) is 0 Å². The van der Waals surface area contributed by atoms with Gasteiger partial charge in [-0.1, -0.05) is 26.7 Å². The Hall–Kier alpha value is -0.860. The van der Waals surface area contributed by atoms with Gasteiger partial charge in [0.2, 0.25) is 0 Å². The van der Waals surface area contributed by atoms with Crippen LogP contribution in [0.5, 0.6) is 0 Å². The molecule has 0 aliphatic heterocycles. The van der Waals surface area contributed by atoms with E-state index in [1.165, 1.54) is 0 Å². The highest BCUT2D eigenvalue weighted by atomic mass is 16.6. The van der Waals surface area contributed by atoms with Gasteiger partial charge in [0.15, 0.2) is 0 Å². The zero-order chi connectivity index (χ0) is 10.1. The molecule has 0 saturated heterocycles. The van der Waals surface area contributed by atoms with Gasteiger partial charge >= 0.3 is 11.9 Å². The van der Waals surface area contributed by atoms with Crippen LogP contribution in [0.1, 0.15) is 52.4 Å². The van der Waals surface area contributed by atoms with E-state index in [2.05, 4.69) is 11.7 Å². The van der Waals surface area contributed by atoms with Crippen LogP contribution in [-0.2, 0) is 14.3 Å². The third-order valence-corrected chi connectivity index (χ3v) is 1.67. The monoisotopic (exact) mass is 186 g/mol. The number of hydrogen-bond donors (Lipinski definition) is 0. The number of esters is 2. The summed E-state index contributed by atoms with van der Waals surface area (Å²) in [6, 6.07) is 0. The Bertz CT molecular complexity index is 164. The van der Waals surface area contributed by atoms with E-state index in [1.54, 1.807) is 0 Å². The predicted molar refractivity (Wildman–Crippen MR) is 50.1 cm³/mol. The summed E-state index contributed by atoms with van der Waals surface area (Å²) in [4.78, 5) is 21.8. The van der Waals surface area contributed by atoms with Gasteiger partial charge in [-0.15, -0.1) is 0 Å². The normalized spacial score (nSPS) is 9.69. The summed E-state index contributed by atoms with van der Waals surface area (Å²) in [5.74, 6) is -0.782. The maximum absolute atomic E-state index is 11.0. The molecule has 0 unspecified atom stereocenters. The van der Waals surface area contributed by atoms with Crippen molar-refractivity contribution in [2.75, 3.05) is 0 Å². The van der Waals surface area contributed by atoms with Crippen LogP contribution in [0.3, 0.4) is 0 Å². The lowest BCUT2D eigenvalue weighted by Crippen LogP contribution is -2.11. The van der Waals surface area contributed by atoms with Crippen molar-refractivity contribution in [3.05, 3.63) is 0 Å². The fraction of sp³-hybridized carbons (Fsp3) is 0.800. The first-order valence-corrected chi connectivity index (χ1v) is 4.94. The van der Waals surface area contributed by atoms with E-state index in [0.717, 1.165) is 25.7 Å². The van der Waals surface area contributed by atoms with Crippen molar-refractivity contribution in [1.29, 1.82) is 0 Å². The van der Waals surface area contributed by atoms with Crippen molar-refractivity contribution < 1.29 is 14.3 Å². The van der Waals surface area contributed by atoms with E-state index >= 15 is 0 Å². The molecule has 3 nitrogen and oxygen atoms in total. The molecule has 0 rings (SSSR count). The molecule has 0 aliphatic carbocycles. The highest BCUT2D eigenvalue weighted by molar-refractivity contribution is 5.85. The molecule has 13 heavy (non-hydrogen) atoms. The molecule has 0 heterocycles. The van der Waals surface area contributed by atoms with E-state index in [1.807, 2.05) is 6.92 Å². The molecule has 0 fully saturated rings. The zero-order valence-corrected chi connectivity index (χ0v) is 8.47. The molecular weight excluding hydrogens is 168 g/mol. The minimum atomic E-state index is -0.399. The average Bonchev–Trinajstić information content (AvgIpc) is 2.05. The molecule has 0 aromatic rings. The zero-order valence-electron chi connectivity index (χ0n) is 8.47. The summed E-state index contributed by atoms with van der Waals surface area (Å²) in [6.07, 6.45) is 4.31. The first-order valence-electron chi connectivity index (χ1n) is 4.94. The number of hydrogen-bond acceptors (Lipinski definition) is 3. The molecule has 76 valence electrons. The first-order chi connectivity index (χ1) is 6.20. The van der Waals surface area contributed by atoms with E-state index in [9.17, 15) is 9.59 Å². The highest BCUT2D eigenvalue weighted by Gasteiger charge is 2.08. The van der Waals surface area contributed by atoms with Crippen molar-refractivity contribution in [2.24, 2.45) is 0 Å². The molecule has 0 aliphatic rings. The Kier molecular flexibility index (Phi) is 7.26. The lowest BCUT2D eigenvalue weighted by atomic mass is 10.2. The van der Waals surface area contributed by atoms with Gasteiger partial charge < -0.3 is 4.74 Å². The molecule has 0 atom stereocenters. The Morgan fingerprint density at radius 3 is 2.08 bits per heavy atom. The topological polar surface area (TPSA) is 43.4 Å². The van der Waals surface area contributed by atoms with Gasteiger partial charge in [0, 0.05) is 12.8 Å². The van der Waals surface area contributed by atoms with E-state index in [4.69, 9.17) is 0 Å². The highest BCUT2D eigenvalue weighted by Crippen LogP contribution is 2.01. The fourth-order valence-corrected chi connectivity index (χ4v) is 0.952. The largest absolute Gasteiger partial charge is 0.393 e. The molecule has 3 heteroatoms. The third kappa shape index (κ3) is 7.50. The maximum atomic E-state index is 11.0. The van der Waals surface area contributed by atoms with Crippen molar-refractivity contribution in [1.82, 2.24) is 0 Å². The standard InChI is InChI=1S/C10H18O3/c1-3-5-6-8-10(12)13-9(11)7-4-2/h3-8H2,1-2H3. The number of carbonyl (C=O) groups excluding carboxylic acids is 2. The van der Waals surface area contributed by atoms with Crippen LogP contribution >= 0.6 is 0 Å². The SMILES string of the molecule is CCCCCC(=O)OC(=O)CCC. The minimum Gasteiger partial charge on any atom is -0.393 e. The maximum Gasteiger partial charge on any atom is 0.313 e. The lowest BCUT2D eigenvalue weighted by molar-refractivity contribution is -0.159. The number of rotatable bonds is 6. The molecule has 0 N–H and O–H groups in total. The summed E-state index contributed by atoms with van der Waals surface area (Å²) in [6.45, 7) is 3.94. The predicted octanol–water partition coefficient (Wildman–Crippen LogP) is 2.44. The summed E-state index contributed by atoms with van der Waals surface area (Å²) in [5.41, 5.74) is 0. The molecular formula is C10H18O3. The number of unbranched alkanes of at least 4 members (excludes halogenated alkanes) is 2. The number of ether oxygens (including phenoxy) is 1. The summed E-state index contributed by atoms with van der Waals surface area (Å²) >= 11 is 0. The second kappa shape index (κ2) is 7.77. The lowest BCUT2D eigenvalue weighted by Gasteiger charge is -2.00. The molecule has 0 amide bonds. The summed E-state index contributed by atoms with van der Waals surface area (Å²) in [5, 5.41) is 0. The van der Waals surface area contributed by atoms with Crippen LogP contribution in [-0.4, -0.2) is 11.9 Å². The smallest absolute Gasteiger partial charge is 0.313 e. The van der Waals surface area contributed by atoms with Gasteiger partial charge in [-0.2, -0.15) is 0 Å². The molecule has 0 bridgehead atoms. The Morgan fingerprint density at radius 1 is 0.923 bits per heavy atom. The van der Waals surface area contributed by atoms with E-state index < -0.39 is 5.97 Å². The van der Waals surface area contributed by atoms with Crippen LogP contribution in [0.4, 0.5) is 0 Å². The average molecular weight is 186 g/mol. The Morgan fingerprint density at radius 2 is 1.54 bits per heavy atom. The van der Waals surface area contributed by atoms with Crippen LogP contribution in [0.2, 0.25) is 0 Å². The van der Waals surface area contributed by atoms with Crippen molar-refractivity contribution in [2.45, 2.75) is 52.4 Å². The molecule has 0 saturated carbocycles. The molecule has 0 aromatic heterocycles. The molecule has 0 aromatic carbocycles. The quantitative estimate of drug-likeness (QED) is 0.363. The second-order valence-electron chi connectivity index (χ2n) is 3.05. The summed E-state index contributed by atoms with van der Waals surface area (Å²) in [7, 11) is 0. The fourth-order valence-electron chi connectivity index (χ4n) is 0.952. The van der Waals surface area contributed by atoms with Crippen LogP contribution in [0, 0.1) is 0 Å². The summed E-state index contributed by atoms with van der Waals surface area (Å²) < 4.78 is 4.56. The van der Waals surface area contributed by atoms with Crippen molar-refractivity contribution in [3.63, 3.8) is 0 Å². The second-order valence-corrected chi connectivity index (χ2v) is 3.05. The van der Waals surface area contributed by atoms with Gasteiger partial charge in [-0.3, -0.25) is 9.59 Å². The molecule has 0 spiro atoms. The minimum absolute atomic E-state index is 0.333. The van der Waals surface area contributed by atoms with Crippen molar-refractivity contribution >= 4 is 11.9 Å². The van der Waals surface area contributed by atoms with E-state index in [0.29, 0.717) is 12.8 Å². The Labute approximate surface area is 79.5 Å². The first kappa shape index (κ1) is 12.1. The van der Waals surface area contributed by atoms with Crippen LogP contribution in [0.15, 0.2) is 0 Å². The van der Waals surface area contributed by atoms with Gasteiger partial charge in [-0.25, -0.2) is 0 Å². The third-order valence-electron chi connectivity index (χ3n) is 1.67. The van der Waals surface area contributed by atoms with Gasteiger partial charge in [0.25, 0.3) is 0 Å². The van der Waals surface area contributed by atoms with Crippen molar-refractivity contribution in [3.8, 4) is 0 Å².